The Morgan fingerprint density at radius 1 is 1.38 bits per heavy atom. The minimum Gasteiger partial charge on any atom is -0.393 e. The summed E-state index contributed by atoms with van der Waals surface area (Å²) in [4.78, 5) is 2.21. The molecule has 1 atom stereocenters. The highest BCUT2D eigenvalue weighted by molar-refractivity contribution is 5.54. The van der Waals surface area contributed by atoms with Gasteiger partial charge in [0, 0.05) is 25.7 Å². The summed E-state index contributed by atoms with van der Waals surface area (Å²) in [5.41, 5.74) is 2.52. The van der Waals surface area contributed by atoms with E-state index in [-0.39, 0.29) is 6.10 Å². The minimum absolute atomic E-state index is 0.175. The monoisotopic (exact) mass is 177 g/mol. The second-order valence-electron chi connectivity index (χ2n) is 3.70. The van der Waals surface area contributed by atoms with Gasteiger partial charge in [0.1, 0.15) is 0 Å². The molecular weight excluding hydrogens is 162 g/mol. The van der Waals surface area contributed by atoms with Gasteiger partial charge in [-0.15, -0.1) is 0 Å². The van der Waals surface area contributed by atoms with Gasteiger partial charge in [0.25, 0.3) is 0 Å². The van der Waals surface area contributed by atoms with Gasteiger partial charge in [-0.3, -0.25) is 0 Å². The summed E-state index contributed by atoms with van der Waals surface area (Å²) in [7, 11) is 2.08. The Kier molecular flexibility index (Phi) is 2.23. The maximum Gasteiger partial charge on any atom is 0.0598 e. The maximum atomic E-state index is 9.63. The van der Waals surface area contributed by atoms with Crippen LogP contribution >= 0.6 is 0 Å². The van der Waals surface area contributed by atoms with E-state index in [4.69, 9.17) is 0 Å². The van der Waals surface area contributed by atoms with E-state index >= 15 is 0 Å². The number of para-hydroxylation sites is 1. The Morgan fingerprint density at radius 3 is 3.00 bits per heavy atom. The predicted octanol–water partition coefficient (Wildman–Crippen LogP) is 1.43. The molecule has 1 aromatic rings. The summed E-state index contributed by atoms with van der Waals surface area (Å²) in [6.45, 7) is 0.943. The molecule has 0 saturated heterocycles. The first-order valence-electron chi connectivity index (χ1n) is 4.74. The van der Waals surface area contributed by atoms with Crippen molar-refractivity contribution < 1.29 is 5.11 Å². The number of aliphatic hydroxyl groups excluding tert-OH is 1. The topological polar surface area (TPSA) is 23.5 Å². The Morgan fingerprint density at radius 2 is 2.15 bits per heavy atom. The summed E-state index contributed by atoms with van der Waals surface area (Å²) in [5, 5.41) is 9.63. The van der Waals surface area contributed by atoms with Crippen LogP contribution in [0.1, 0.15) is 12.0 Å². The molecule has 0 amide bonds. The molecule has 0 fully saturated rings. The molecular formula is C11H15NO. The molecule has 2 rings (SSSR count). The molecule has 70 valence electrons. The Labute approximate surface area is 78.8 Å². The smallest absolute Gasteiger partial charge is 0.0598 e. The van der Waals surface area contributed by atoms with Crippen LogP contribution in [0.2, 0.25) is 0 Å². The third-order valence-electron chi connectivity index (χ3n) is 2.66. The first kappa shape index (κ1) is 8.57. The zero-order valence-corrected chi connectivity index (χ0v) is 7.90. The van der Waals surface area contributed by atoms with Crippen LogP contribution < -0.4 is 4.90 Å². The van der Waals surface area contributed by atoms with Crippen LogP contribution in [0.5, 0.6) is 0 Å². The second kappa shape index (κ2) is 3.38. The van der Waals surface area contributed by atoms with Crippen LogP contribution in [0.3, 0.4) is 0 Å². The van der Waals surface area contributed by atoms with E-state index < -0.39 is 0 Å². The van der Waals surface area contributed by atoms with E-state index in [9.17, 15) is 5.11 Å². The van der Waals surface area contributed by atoms with Crippen LogP contribution in [0.4, 0.5) is 5.69 Å². The van der Waals surface area contributed by atoms with Gasteiger partial charge in [-0.05, 0) is 18.1 Å². The van der Waals surface area contributed by atoms with Crippen molar-refractivity contribution in [2.45, 2.75) is 18.9 Å². The van der Waals surface area contributed by atoms with Gasteiger partial charge in [0.15, 0.2) is 0 Å². The SMILES string of the molecule is CN1CCC(O)Cc2ccccc21. The molecule has 0 spiro atoms. The average Bonchev–Trinajstić information content (AvgIpc) is 2.27. The molecule has 1 N–H and O–H groups in total. The van der Waals surface area contributed by atoms with Crippen molar-refractivity contribution in [1.29, 1.82) is 0 Å². The third kappa shape index (κ3) is 1.68. The summed E-state index contributed by atoms with van der Waals surface area (Å²) in [6.07, 6.45) is 1.48. The summed E-state index contributed by atoms with van der Waals surface area (Å²) >= 11 is 0. The molecule has 2 nitrogen and oxygen atoms in total. The second-order valence-corrected chi connectivity index (χ2v) is 3.70. The van der Waals surface area contributed by atoms with Gasteiger partial charge in [0.05, 0.1) is 6.10 Å². The lowest BCUT2D eigenvalue weighted by Crippen LogP contribution is -2.19. The highest BCUT2D eigenvalue weighted by atomic mass is 16.3. The Bertz CT molecular complexity index is 298. The Hall–Kier alpha value is -1.02. The first-order valence-corrected chi connectivity index (χ1v) is 4.74. The molecule has 2 heteroatoms. The van der Waals surface area contributed by atoms with Gasteiger partial charge < -0.3 is 10.0 Å². The molecule has 1 aromatic carbocycles. The molecule has 1 aliphatic rings. The molecule has 1 aliphatic heterocycles. The number of anilines is 1. The lowest BCUT2D eigenvalue weighted by Gasteiger charge is -2.18. The van der Waals surface area contributed by atoms with E-state index in [0.29, 0.717) is 0 Å². The van der Waals surface area contributed by atoms with Crippen LogP contribution in [-0.2, 0) is 6.42 Å². The van der Waals surface area contributed by atoms with Gasteiger partial charge in [-0.1, -0.05) is 18.2 Å². The molecule has 1 unspecified atom stereocenters. The zero-order valence-electron chi connectivity index (χ0n) is 7.90. The van der Waals surface area contributed by atoms with Crippen molar-refractivity contribution in [3.8, 4) is 0 Å². The lowest BCUT2D eigenvalue weighted by molar-refractivity contribution is 0.169. The largest absolute Gasteiger partial charge is 0.393 e. The predicted molar refractivity (Wildman–Crippen MR) is 54.0 cm³/mol. The number of nitrogens with zero attached hydrogens (tertiary/aromatic N) is 1. The van der Waals surface area contributed by atoms with Gasteiger partial charge in [-0.2, -0.15) is 0 Å². The maximum absolute atomic E-state index is 9.63. The van der Waals surface area contributed by atoms with Gasteiger partial charge in [0.2, 0.25) is 0 Å². The van der Waals surface area contributed by atoms with Crippen molar-refractivity contribution >= 4 is 5.69 Å². The summed E-state index contributed by atoms with van der Waals surface area (Å²) in [5.74, 6) is 0. The Balaban J connectivity index is 2.38. The molecule has 13 heavy (non-hydrogen) atoms. The van der Waals surface area contributed by atoms with E-state index in [0.717, 1.165) is 19.4 Å². The molecule has 0 aromatic heterocycles. The molecule has 0 aliphatic carbocycles. The van der Waals surface area contributed by atoms with Crippen molar-refractivity contribution in [2.24, 2.45) is 0 Å². The van der Waals surface area contributed by atoms with Crippen molar-refractivity contribution in [1.82, 2.24) is 0 Å². The number of benzene rings is 1. The van der Waals surface area contributed by atoms with Crippen molar-refractivity contribution in [3.63, 3.8) is 0 Å². The highest BCUT2D eigenvalue weighted by Crippen LogP contribution is 2.24. The number of hydrogen-bond donors (Lipinski definition) is 1. The van der Waals surface area contributed by atoms with Crippen molar-refractivity contribution in [3.05, 3.63) is 29.8 Å². The van der Waals surface area contributed by atoms with E-state index in [2.05, 4.69) is 24.1 Å². The van der Waals surface area contributed by atoms with Gasteiger partial charge in [-0.25, -0.2) is 0 Å². The highest BCUT2D eigenvalue weighted by Gasteiger charge is 2.16. The number of aliphatic hydroxyl groups is 1. The lowest BCUT2D eigenvalue weighted by atomic mass is 10.1. The summed E-state index contributed by atoms with van der Waals surface area (Å²) in [6, 6.07) is 8.30. The average molecular weight is 177 g/mol. The number of fused-ring (bicyclic) bond motifs is 1. The van der Waals surface area contributed by atoms with E-state index in [1.807, 2.05) is 12.1 Å². The van der Waals surface area contributed by atoms with Crippen molar-refractivity contribution in [2.75, 3.05) is 18.5 Å². The fourth-order valence-corrected chi connectivity index (χ4v) is 1.87. The number of rotatable bonds is 0. The third-order valence-corrected chi connectivity index (χ3v) is 2.66. The van der Waals surface area contributed by atoms with Crippen LogP contribution in [-0.4, -0.2) is 24.8 Å². The fraction of sp³-hybridized carbons (Fsp3) is 0.455. The minimum atomic E-state index is -0.175. The van der Waals surface area contributed by atoms with Crippen LogP contribution in [0.15, 0.2) is 24.3 Å². The summed E-state index contributed by atoms with van der Waals surface area (Å²) < 4.78 is 0. The van der Waals surface area contributed by atoms with Crippen LogP contribution in [0.25, 0.3) is 0 Å². The quantitative estimate of drug-likeness (QED) is 0.648. The molecule has 1 heterocycles. The first-order chi connectivity index (χ1) is 6.27. The molecule has 0 saturated carbocycles. The number of hydrogen-bond acceptors (Lipinski definition) is 2. The fourth-order valence-electron chi connectivity index (χ4n) is 1.87. The molecule has 0 radical (unpaired) electrons. The normalized spacial score (nSPS) is 22.3. The van der Waals surface area contributed by atoms with E-state index in [1.165, 1.54) is 11.3 Å². The standard InChI is InChI=1S/C11H15NO/c1-12-7-6-10(13)8-9-4-2-3-5-11(9)12/h2-5,10,13H,6-8H2,1H3. The van der Waals surface area contributed by atoms with Crippen LogP contribution in [0, 0.1) is 0 Å². The van der Waals surface area contributed by atoms with E-state index in [1.54, 1.807) is 0 Å². The van der Waals surface area contributed by atoms with Gasteiger partial charge >= 0.3 is 0 Å². The zero-order chi connectivity index (χ0) is 9.26. The molecule has 0 bridgehead atoms.